The van der Waals surface area contributed by atoms with Crippen LogP contribution >= 0.6 is 0 Å². The second-order valence-electron chi connectivity index (χ2n) is 7.20. The van der Waals surface area contributed by atoms with E-state index in [0.717, 1.165) is 36.0 Å². The van der Waals surface area contributed by atoms with Gasteiger partial charge in [-0.25, -0.2) is 4.79 Å². The molecule has 25 heavy (non-hydrogen) atoms. The molecule has 1 saturated heterocycles. The largest absolute Gasteiger partial charge is 0.423 e. The molecule has 1 aromatic carbocycles. The average molecular weight is 336 g/mol. The van der Waals surface area contributed by atoms with Crippen molar-refractivity contribution in [2.24, 2.45) is 7.05 Å². The van der Waals surface area contributed by atoms with Crippen molar-refractivity contribution in [1.82, 2.24) is 9.47 Å². The summed E-state index contributed by atoms with van der Waals surface area (Å²) in [5.74, 6) is 0. The zero-order chi connectivity index (χ0) is 17.6. The van der Waals surface area contributed by atoms with E-state index in [2.05, 4.69) is 47.8 Å². The van der Waals surface area contributed by atoms with Crippen molar-refractivity contribution in [3.8, 4) is 0 Å². The van der Waals surface area contributed by atoms with Gasteiger partial charge >= 0.3 is 5.63 Å². The third-order valence-corrected chi connectivity index (χ3v) is 5.51. The molecular weight excluding hydrogens is 312 g/mol. The van der Waals surface area contributed by atoms with Crippen LogP contribution in [0.25, 0.3) is 11.0 Å². The van der Waals surface area contributed by atoms with Crippen LogP contribution in [0.1, 0.15) is 41.3 Å². The Labute approximate surface area is 147 Å². The van der Waals surface area contributed by atoms with E-state index >= 15 is 0 Å². The Bertz CT molecular complexity index is 983. The number of hydrogen-bond acceptors (Lipinski definition) is 3. The summed E-state index contributed by atoms with van der Waals surface area (Å²) in [6.07, 6.45) is 4.45. The van der Waals surface area contributed by atoms with Crippen molar-refractivity contribution in [2.45, 2.75) is 39.3 Å². The Morgan fingerprint density at radius 3 is 2.76 bits per heavy atom. The van der Waals surface area contributed by atoms with E-state index in [1.54, 1.807) is 6.07 Å². The van der Waals surface area contributed by atoms with E-state index in [1.165, 1.54) is 17.7 Å². The van der Waals surface area contributed by atoms with Crippen LogP contribution in [0.15, 0.2) is 45.7 Å². The van der Waals surface area contributed by atoms with Crippen molar-refractivity contribution in [3.63, 3.8) is 0 Å². The number of likely N-dealkylation sites (tertiary alicyclic amines) is 1. The van der Waals surface area contributed by atoms with Crippen LogP contribution in [0.2, 0.25) is 0 Å². The molecule has 3 heterocycles. The second kappa shape index (κ2) is 6.19. The normalized spacial score (nSPS) is 18.3. The molecule has 0 aliphatic carbocycles. The third-order valence-electron chi connectivity index (χ3n) is 5.51. The van der Waals surface area contributed by atoms with E-state index in [4.69, 9.17) is 4.42 Å². The number of rotatable bonds is 3. The average Bonchev–Trinajstić information content (AvgIpc) is 3.17. The molecule has 1 fully saturated rings. The summed E-state index contributed by atoms with van der Waals surface area (Å²) in [4.78, 5) is 14.5. The summed E-state index contributed by atoms with van der Waals surface area (Å²) < 4.78 is 7.64. The third kappa shape index (κ3) is 2.91. The highest BCUT2D eigenvalue weighted by Crippen LogP contribution is 2.34. The molecule has 2 aromatic heterocycles. The lowest BCUT2D eigenvalue weighted by atomic mass is 10.0. The van der Waals surface area contributed by atoms with Crippen LogP contribution in [0, 0.1) is 13.8 Å². The molecule has 1 aliphatic heterocycles. The van der Waals surface area contributed by atoms with E-state index in [9.17, 15) is 4.79 Å². The summed E-state index contributed by atoms with van der Waals surface area (Å²) in [6, 6.07) is 10.5. The Hall–Kier alpha value is -2.33. The molecule has 0 saturated carbocycles. The summed E-state index contributed by atoms with van der Waals surface area (Å²) >= 11 is 0. The van der Waals surface area contributed by atoms with Gasteiger partial charge in [-0.3, -0.25) is 4.90 Å². The van der Waals surface area contributed by atoms with E-state index in [0.29, 0.717) is 11.6 Å². The molecule has 3 aromatic rings. The Morgan fingerprint density at radius 1 is 1.20 bits per heavy atom. The molecule has 0 amide bonds. The minimum Gasteiger partial charge on any atom is -0.423 e. The summed E-state index contributed by atoms with van der Waals surface area (Å²) in [6.45, 7) is 5.99. The van der Waals surface area contributed by atoms with E-state index in [1.807, 2.05) is 13.0 Å². The number of aromatic nitrogens is 1. The Balaban J connectivity index is 1.74. The van der Waals surface area contributed by atoms with Crippen molar-refractivity contribution >= 4 is 11.0 Å². The molecule has 0 radical (unpaired) electrons. The van der Waals surface area contributed by atoms with Gasteiger partial charge < -0.3 is 8.98 Å². The highest BCUT2D eigenvalue weighted by molar-refractivity contribution is 5.81. The first-order chi connectivity index (χ1) is 12.0. The molecular formula is C21H24N2O2. The SMILES string of the molecule is Cc1cc2oc(=O)cc(CN3CCC[C@@H]3c3cccn3C)c2cc1C. The van der Waals surface area contributed by atoms with Gasteiger partial charge in [0.05, 0.1) is 6.04 Å². The number of aryl methyl sites for hydroxylation is 3. The van der Waals surface area contributed by atoms with E-state index in [-0.39, 0.29) is 5.63 Å². The van der Waals surface area contributed by atoms with Gasteiger partial charge in [-0.1, -0.05) is 0 Å². The van der Waals surface area contributed by atoms with Gasteiger partial charge in [0.25, 0.3) is 0 Å². The van der Waals surface area contributed by atoms with Gasteiger partial charge in [0.1, 0.15) is 5.58 Å². The van der Waals surface area contributed by atoms with Crippen molar-refractivity contribution in [1.29, 1.82) is 0 Å². The predicted molar refractivity (Wildman–Crippen MR) is 99.8 cm³/mol. The van der Waals surface area contributed by atoms with Gasteiger partial charge in [-0.15, -0.1) is 0 Å². The molecule has 0 unspecified atom stereocenters. The lowest BCUT2D eigenvalue weighted by Crippen LogP contribution is -2.24. The lowest BCUT2D eigenvalue weighted by molar-refractivity contribution is 0.241. The molecule has 0 N–H and O–H groups in total. The Kier molecular flexibility index (Phi) is 4.00. The maximum atomic E-state index is 12.0. The molecule has 0 spiro atoms. The molecule has 1 atom stereocenters. The topological polar surface area (TPSA) is 38.4 Å². The fourth-order valence-corrected chi connectivity index (χ4v) is 4.00. The lowest BCUT2D eigenvalue weighted by Gasteiger charge is -2.25. The standard InChI is InChI=1S/C21H24N2O2/c1-14-10-17-16(12-21(24)25-20(17)11-15(14)2)13-23-9-5-7-19(23)18-6-4-8-22(18)3/h4,6,8,10-12,19H,5,7,9,13H2,1-3H3/t19-/m1/s1. The molecule has 4 heteroatoms. The first kappa shape index (κ1) is 16.2. The van der Waals surface area contributed by atoms with Crippen LogP contribution in [0.4, 0.5) is 0 Å². The number of fused-ring (bicyclic) bond motifs is 1. The Morgan fingerprint density at radius 2 is 2.00 bits per heavy atom. The first-order valence-corrected chi connectivity index (χ1v) is 8.92. The molecule has 1 aliphatic rings. The minimum absolute atomic E-state index is 0.264. The van der Waals surface area contributed by atoms with Crippen LogP contribution in [0.3, 0.4) is 0 Å². The van der Waals surface area contributed by atoms with Gasteiger partial charge in [0.2, 0.25) is 0 Å². The van der Waals surface area contributed by atoms with Crippen LogP contribution in [-0.4, -0.2) is 16.0 Å². The van der Waals surface area contributed by atoms with Crippen LogP contribution < -0.4 is 5.63 Å². The molecule has 4 nitrogen and oxygen atoms in total. The first-order valence-electron chi connectivity index (χ1n) is 8.92. The van der Waals surface area contributed by atoms with Crippen LogP contribution in [0.5, 0.6) is 0 Å². The molecule has 0 bridgehead atoms. The van der Waals surface area contributed by atoms with Gasteiger partial charge in [0, 0.05) is 36.9 Å². The zero-order valence-corrected chi connectivity index (χ0v) is 15.1. The number of benzene rings is 1. The number of hydrogen-bond donors (Lipinski definition) is 0. The second-order valence-corrected chi connectivity index (χ2v) is 7.20. The maximum Gasteiger partial charge on any atom is 0.336 e. The number of nitrogens with zero attached hydrogens (tertiary/aromatic N) is 2. The smallest absolute Gasteiger partial charge is 0.336 e. The fourth-order valence-electron chi connectivity index (χ4n) is 4.00. The fraction of sp³-hybridized carbons (Fsp3) is 0.381. The quantitative estimate of drug-likeness (QED) is 0.676. The highest BCUT2D eigenvalue weighted by atomic mass is 16.4. The summed E-state index contributed by atoms with van der Waals surface area (Å²) in [5.41, 5.74) is 5.21. The van der Waals surface area contributed by atoms with Gasteiger partial charge in [0.15, 0.2) is 0 Å². The zero-order valence-electron chi connectivity index (χ0n) is 15.1. The van der Waals surface area contributed by atoms with Crippen LogP contribution in [-0.2, 0) is 13.6 Å². The summed E-state index contributed by atoms with van der Waals surface area (Å²) in [5, 5.41) is 1.06. The van der Waals surface area contributed by atoms with Crippen molar-refractivity contribution in [2.75, 3.05) is 6.54 Å². The molecule has 130 valence electrons. The predicted octanol–water partition coefficient (Wildman–Crippen LogP) is 4.09. The maximum absolute atomic E-state index is 12.0. The van der Waals surface area contributed by atoms with Gasteiger partial charge in [-0.2, -0.15) is 0 Å². The van der Waals surface area contributed by atoms with E-state index < -0.39 is 0 Å². The van der Waals surface area contributed by atoms with Crippen molar-refractivity contribution < 1.29 is 4.42 Å². The highest BCUT2D eigenvalue weighted by Gasteiger charge is 2.28. The molecule has 4 rings (SSSR count). The van der Waals surface area contributed by atoms with Crippen molar-refractivity contribution in [3.05, 3.63) is 69.3 Å². The van der Waals surface area contributed by atoms with Gasteiger partial charge in [-0.05, 0) is 74.2 Å². The monoisotopic (exact) mass is 336 g/mol. The summed E-state index contributed by atoms with van der Waals surface area (Å²) in [7, 11) is 2.10. The minimum atomic E-state index is -0.264.